The van der Waals surface area contributed by atoms with E-state index in [1.807, 2.05) is 0 Å². The molecule has 0 saturated heterocycles. The molecule has 0 atom stereocenters. The minimum Gasteiger partial charge on any atom is -0.306 e. The summed E-state index contributed by atoms with van der Waals surface area (Å²) in [7, 11) is 0. The first-order valence-electron chi connectivity index (χ1n) is 5.76. The lowest BCUT2D eigenvalue weighted by molar-refractivity contribution is 0.320. The van der Waals surface area contributed by atoms with E-state index in [0.717, 1.165) is 18.2 Å². The van der Waals surface area contributed by atoms with Crippen LogP contribution >= 0.6 is 44.5 Å². The van der Waals surface area contributed by atoms with Gasteiger partial charge in [-0.15, -0.1) is 0 Å². The largest absolute Gasteiger partial charge is 0.380 e. The molecule has 0 saturated carbocycles. The van der Waals surface area contributed by atoms with Crippen LogP contribution in [0.3, 0.4) is 0 Å². The first-order valence-corrected chi connectivity index (χ1v) is 10.3. The summed E-state index contributed by atoms with van der Waals surface area (Å²) in [5.41, 5.74) is 0. The SMILES string of the molecule is O=P(Cl)(Cl)OCCCCCCCCCCBr. The Balaban J connectivity index is 3.02. The van der Waals surface area contributed by atoms with E-state index in [1.54, 1.807) is 0 Å². The van der Waals surface area contributed by atoms with Gasteiger partial charge < -0.3 is 4.52 Å². The first kappa shape index (κ1) is 17.2. The van der Waals surface area contributed by atoms with Gasteiger partial charge in [-0.25, -0.2) is 0 Å². The second kappa shape index (κ2) is 11.3. The predicted octanol–water partition coefficient (Wildman–Crippen LogP) is 6.10. The highest BCUT2D eigenvalue weighted by molar-refractivity contribution is 9.09. The highest BCUT2D eigenvalue weighted by Crippen LogP contribution is 2.57. The standard InChI is InChI=1S/C10H20BrCl2O2P/c11-9-7-5-3-1-2-4-6-8-10-15-16(12,13)14/h1-10H2. The van der Waals surface area contributed by atoms with Crippen LogP contribution in [0.5, 0.6) is 0 Å². The number of alkyl halides is 1. The quantitative estimate of drug-likeness (QED) is 0.254. The summed E-state index contributed by atoms with van der Waals surface area (Å²) in [6.07, 6.45) is 6.35. The molecule has 0 aliphatic heterocycles. The second-order valence-electron chi connectivity index (χ2n) is 3.77. The van der Waals surface area contributed by atoms with E-state index in [0.29, 0.717) is 6.61 Å². The zero-order chi connectivity index (χ0) is 12.3. The van der Waals surface area contributed by atoms with Gasteiger partial charge in [0, 0.05) is 5.33 Å². The lowest BCUT2D eigenvalue weighted by Gasteiger charge is -2.04. The Bertz CT molecular complexity index is 199. The fourth-order valence-electron chi connectivity index (χ4n) is 1.43. The molecular formula is C10H20BrCl2O2P. The van der Waals surface area contributed by atoms with Crippen molar-refractivity contribution < 1.29 is 9.09 Å². The second-order valence-corrected chi connectivity index (χ2v) is 8.83. The van der Waals surface area contributed by atoms with Crippen molar-refractivity contribution in [3.63, 3.8) is 0 Å². The number of halogens is 3. The maximum Gasteiger partial charge on any atom is 0.380 e. The van der Waals surface area contributed by atoms with E-state index in [9.17, 15) is 4.57 Å². The molecule has 0 aromatic rings. The molecule has 0 amide bonds. The van der Waals surface area contributed by atoms with Gasteiger partial charge in [-0.3, -0.25) is 4.57 Å². The smallest absolute Gasteiger partial charge is 0.306 e. The number of hydrogen-bond donors (Lipinski definition) is 0. The zero-order valence-electron chi connectivity index (χ0n) is 9.47. The van der Waals surface area contributed by atoms with Gasteiger partial charge in [0.2, 0.25) is 0 Å². The summed E-state index contributed by atoms with van der Waals surface area (Å²) in [5, 5.41) is 1.11. The van der Waals surface area contributed by atoms with Crippen molar-refractivity contribution >= 4 is 44.5 Å². The summed E-state index contributed by atoms with van der Waals surface area (Å²) in [5.74, 6) is 0. The van der Waals surface area contributed by atoms with Gasteiger partial charge in [0.15, 0.2) is 0 Å². The number of rotatable bonds is 11. The summed E-state index contributed by atoms with van der Waals surface area (Å²) in [4.78, 5) is 0. The molecule has 0 aromatic carbocycles. The molecule has 16 heavy (non-hydrogen) atoms. The molecule has 0 aliphatic carbocycles. The zero-order valence-corrected chi connectivity index (χ0v) is 13.5. The molecule has 2 nitrogen and oxygen atoms in total. The van der Waals surface area contributed by atoms with Crippen LogP contribution in [-0.4, -0.2) is 11.9 Å². The van der Waals surface area contributed by atoms with E-state index >= 15 is 0 Å². The summed E-state index contributed by atoms with van der Waals surface area (Å²) in [6, 6.07) is 0. The van der Waals surface area contributed by atoms with Gasteiger partial charge in [0.1, 0.15) is 0 Å². The van der Waals surface area contributed by atoms with E-state index in [4.69, 9.17) is 27.0 Å². The van der Waals surface area contributed by atoms with Crippen LogP contribution in [0.15, 0.2) is 0 Å². The Kier molecular flexibility index (Phi) is 12.2. The van der Waals surface area contributed by atoms with Crippen molar-refractivity contribution in [1.82, 2.24) is 0 Å². The highest BCUT2D eigenvalue weighted by atomic mass is 79.9. The molecule has 0 N–H and O–H groups in total. The van der Waals surface area contributed by atoms with Crippen molar-refractivity contribution in [2.45, 2.75) is 51.4 Å². The van der Waals surface area contributed by atoms with Gasteiger partial charge >= 0.3 is 6.07 Å². The van der Waals surface area contributed by atoms with Crippen LogP contribution in [0.4, 0.5) is 0 Å². The molecule has 0 rings (SSSR count). The van der Waals surface area contributed by atoms with Crippen molar-refractivity contribution in [1.29, 1.82) is 0 Å². The van der Waals surface area contributed by atoms with Crippen molar-refractivity contribution in [3.05, 3.63) is 0 Å². The van der Waals surface area contributed by atoms with E-state index < -0.39 is 6.07 Å². The van der Waals surface area contributed by atoms with E-state index in [-0.39, 0.29) is 0 Å². The van der Waals surface area contributed by atoms with Crippen molar-refractivity contribution in [2.75, 3.05) is 11.9 Å². The molecule has 0 spiro atoms. The molecule has 0 aromatic heterocycles. The van der Waals surface area contributed by atoms with Crippen LogP contribution in [-0.2, 0) is 9.09 Å². The molecule has 0 radical (unpaired) electrons. The van der Waals surface area contributed by atoms with E-state index in [2.05, 4.69) is 15.9 Å². The Hall–Kier alpha value is 1.25. The molecule has 0 fully saturated rings. The van der Waals surface area contributed by atoms with Crippen LogP contribution in [0, 0.1) is 0 Å². The van der Waals surface area contributed by atoms with Gasteiger partial charge in [0.25, 0.3) is 0 Å². The summed E-state index contributed by atoms with van der Waals surface area (Å²) in [6.45, 7) is 0.397. The van der Waals surface area contributed by atoms with Gasteiger partial charge in [-0.1, -0.05) is 54.5 Å². The van der Waals surface area contributed by atoms with Crippen molar-refractivity contribution in [2.24, 2.45) is 0 Å². The molecule has 6 heteroatoms. The monoisotopic (exact) mass is 352 g/mol. The number of hydrogen-bond acceptors (Lipinski definition) is 2. The topological polar surface area (TPSA) is 26.3 Å². The minimum absolute atomic E-state index is 0.397. The first-order chi connectivity index (χ1) is 7.56. The maximum atomic E-state index is 10.8. The molecule has 98 valence electrons. The van der Waals surface area contributed by atoms with Crippen LogP contribution in [0.25, 0.3) is 0 Å². The normalized spacial score (nSPS) is 11.9. The Labute approximate surface area is 117 Å². The Morgan fingerprint density at radius 3 is 1.75 bits per heavy atom. The minimum atomic E-state index is -3.30. The van der Waals surface area contributed by atoms with Crippen molar-refractivity contribution in [3.8, 4) is 0 Å². The molecular weight excluding hydrogens is 334 g/mol. The molecule has 0 bridgehead atoms. The lowest BCUT2D eigenvalue weighted by atomic mass is 10.1. The maximum absolute atomic E-state index is 10.8. The molecule has 0 aliphatic rings. The average Bonchev–Trinajstić information content (AvgIpc) is 2.19. The van der Waals surface area contributed by atoms with E-state index in [1.165, 1.54) is 38.5 Å². The Morgan fingerprint density at radius 1 is 0.875 bits per heavy atom. The third kappa shape index (κ3) is 15.2. The average molecular weight is 354 g/mol. The summed E-state index contributed by atoms with van der Waals surface area (Å²) < 4.78 is 15.5. The summed E-state index contributed by atoms with van der Waals surface area (Å²) >= 11 is 13.9. The van der Waals surface area contributed by atoms with Crippen LogP contribution in [0.2, 0.25) is 0 Å². The van der Waals surface area contributed by atoms with Crippen LogP contribution < -0.4 is 0 Å². The van der Waals surface area contributed by atoms with Gasteiger partial charge in [-0.2, -0.15) is 0 Å². The fraction of sp³-hybridized carbons (Fsp3) is 1.00. The highest BCUT2D eigenvalue weighted by Gasteiger charge is 2.12. The molecule has 0 unspecified atom stereocenters. The third-order valence-electron chi connectivity index (χ3n) is 2.27. The van der Waals surface area contributed by atoms with Gasteiger partial charge in [0.05, 0.1) is 6.61 Å². The Morgan fingerprint density at radius 2 is 1.31 bits per heavy atom. The van der Waals surface area contributed by atoms with Gasteiger partial charge in [-0.05, 0) is 35.3 Å². The number of unbranched alkanes of at least 4 members (excludes halogenated alkanes) is 7. The fourth-order valence-corrected chi connectivity index (χ4v) is 2.58. The van der Waals surface area contributed by atoms with Crippen LogP contribution in [0.1, 0.15) is 51.4 Å². The lowest BCUT2D eigenvalue weighted by Crippen LogP contribution is -1.88. The molecule has 0 heterocycles. The predicted molar refractivity (Wildman–Crippen MR) is 76.0 cm³/mol. The third-order valence-corrected chi connectivity index (χ3v) is 3.90.